The predicted molar refractivity (Wildman–Crippen MR) is 78.7 cm³/mol. The minimum atomic E-state index is -1.06. The number of carbonyl (C=O) groups excluding carboxylic acids is 5. The van der Waals surface area contributed by atoms with Crippen LogP contribution in [0.2, 0.25) is 0 Å². The minimum absolute atomic E-state index is 0.0120. The fourth-order valence-electron chi connectivity index (χ4n) is 3.35. The first-order chi connectivity index (χ1) is 11.4. The van der Waals surface area contributed by atoms with E-state index in [2.05, 4.69) is 10.6 Å². The summed E-state index contributed by atoms with van der Waals surface area (Å²) in [5.74, 6) is -2.85. The van der Waals surface area contributed by atoms with Crippen molar-refractivity contribution < 1.29 is 24.0 Å². The van der Waals surface area contributed by atoms with Gasteiger partial charge in [-0.1, -0.05) is 0 Å². The molecule has 0 aliphatic carbocycles. The molecule has 122 valence electrons. The lowest BCUT2D eigenvalue weighted by Gasteiger charge is -2.27. The molecular formula is C15H12N4O5. The van der Waals surface area contributed by atoms with E-state index in [-0.39, 0.29) is 47.7 Å². The third-order valence-corrected chi connectivity index (χ3v) is 4.55. The molecule has 1 saturated heterocycles. The van der Waals surface area contributed by atoms with Crippen LogP contribution in [-0.2, 0) is 16.1 Å². The average molecular weight is 328 g/mol. The number of amides is 5. The van der Waals surface area contributed by atoms with E-state index in [0.717, 1.165) is 4.90 Å². The Morgan fingerprint density at radius 1 is 1.08 bits per heavy atom. The zero-order valence-electron chi connectivity index (χ0n) is 12.3. The molecule has 0 spiro atoms. The normalized spacial score (nSPS) is 22.4. The molecule has 0 radical (unpaired) electrons. The predicted octanol–water partition coefficient (Wildman–Crippen LogP) is -1.09. The monoisotopic (exact) mass is 328 g/mol. The van der Waals surface area contributed by atoms with Crippen molar-refractivity contribution in [3.8, 4) is 0 Å². The first-order valence-corrected chi connectivity index (χ1v) is 7.35. The highest BCUT2D eigenvalue weighted by Crippen LogP contribution is 2.36. The third kappa shape index (κ3) is 1.72. The van der Waals surface area contributed by atoms with Crippen LogP contribution < -0.4 is 16.4 Å². The van der Waals surface area contributed by atoms with Gasteiger partial charge in [-0.3, -0.25) is 34.2 Å². The fraction of sp³-hybridized carbons (Fsp3) is 0.267. The van der Waals surface area contributed by atoms with Crippen LogP contribution in [0.1, 0.15) is 49.5 Å². The quantitative estimate of drug-likeness (QED) is 0.442. The van der Waals surface area contributed by atoms with Gasteiger partial charge in [0, 0.05) is 24.1 Å². The highest BCUT2D eigenvalue weighted by molar-refractivity contribution is 6.26. The Kier molecular flexibility index (Phi) is 2.77. The van der Waals surface area contributed by atoms with Gasteiger partial charge in [0.2, 0.25) is 11.8 Å². The van der Waals surface area contributed by atoms with Crippen molar-refractivity contribution in [1.82, 2.24) is 15.5 Å². The number of carbonyl (C=O) groups is 5. The molecule has 3 aliphatic heterocycles. The van der Waals surface area contributed by atoms with Crippen molar-refractivity contribution in [2.24, 2.45) is 0 Å². The van der Waals surface area contributed by atoms with Gasteiger partial charge in [-0.25, -0.2) is 0 Å². The molecule has 0 bridgehead atoms. The molecule has 4 N–H and O–H groups in total. The summed E-state index contributed by atoms with van der Waals surface area (Å²) in [5.41, 5.74) is 6.84. The number of hydrogen-bond acceptors (Lipinski definition) is 6. The van der Waals surface area contributed by atoms with Crippen LogP contribution in [0.25, 0.3) is 0 Å². The van der Waals surface area contributed by atoms with Crippen molar-refractivity contribution in [1.29, 1.82) is 0 Å². The topological polar surface area (TPSA) is 139 Å². The zero-order valence-corrected chi connectivity index (χ0v) is 12.3. The summed E-state index contributed by atoms with van der Waals surface area (Å²) >= 11 is 0. The SMILES string of the molecule is Nc1c2c(cc3c1C(=O)N(C1CCC(=O)NC1=O)C3=O)C(=O)NC2. The van der Waals surface area contributed by atoms with E-state index >= 15 is 0 Å². The largest absolute Gasteiger partial charge is 0.398 e. The summed E-state index contributed by atoms with van der Waals surface area (Å²) in [5, 5.41) is 4.71. The summed E-state index contributed by atoms with van der Waals surface area (Å²) in [4.78, 5) is 61.2. The number of hydrogen-bond donors (Lipinski definition) is 3. The van der Waals surface area contributed by atoms with Crippen LogP contribution in [0.5, 0.6) is 0 Å². The van der Waals surface area contributed by atoms with Gasteiger partial charge < -0.3 is 11.1 Å². The van der Waals surface area contributed by atoms with Crippen LogP contribution >= 0.6 is 0 Å². The van der Waals surface area contributed by atoms with Crippen LogP contribution in [0.4, 0.5) is 5.69 Å². The van der Waals surface area contributed by atoms with Gasteiger partial charge in [-0.15, -0.1) is 0 Å². The second kappa shape index (κ2) is 4.63. The molecule has 4 rings (SSSR count). The summed E-state index contributed by atoms with van der Waals surface area (Å²) in [6.07, 6.45) is 0.106. The van der Waals surface area contributed by atoms with Crippen molar-refractivity contribution in [3.63, 3.8) is 0 Å². The van der Waals surface area contributed by atoms with Gasteiger partial charge in [0.1, 0.15) is 6.04 Å². The van der Waals surface area contributed by atoms with E-state index in [0.29, 0.717) is 5.56 Å². The van der Waals surface area contributed by atoms with E-state index in [4.69, 9.17) is 5.73 Å². The minimum Gasteiger partial charge on any atom is -0.398 e. The molecule has 3 heterocycles. The van der Waals surface area contributed by atoms with Gasteiger partial charge in [-0.05, 0) is 12.5 Å². The van der Waals surface area contributed by atoms with Gasteiger partial charge in [0.05, 0.1) is 16.8 Å². The summed E-state index contributed by atoms with van der Waals surface area (Å²) in [7, 11) is 0. The Morgan fingerprint density at radius 2 is 1.83 bits per heavy atom. The second-order valence-electron chi connectivity index (χ2n) is 5.87. The number of nitrogens with one attached hydrogen (secondary N) is 2. The number of anilines is 1. The zero-order chi connectivity index (χ0) is 17.2. The molecule has 24 heavy (non-hydrogen) atoms. The van der Waals surface area contributed by atoms with Crippen LogP contribution in [-0.4, -0.2) is 40.5 Å². The fourth-order valence-corrected chi connectivity index (χ4v) is 3.35. The highest BCUT2D eigenvalue weighted by Gasteiger charge is 2.46. The number of nitrogens with zero attached hydrogens (tertiary/aromatic N) is 1. The van der Waals surface area contributed by atoms with Gasteiger partial charge in [0.25, 0.3) is 17.7 Å². The van der Waals surface area contributed by atoms with Crippen molar-refractivity contribution >= 4 is 35.2 Å². The lowest BCUT2D eigenvalue weighted by atomic mass is 9.98. The van der Waals surface area contributed by atoms with E-state index in [9.17, 15) is 24.0 Å². The molecule has 5 amide bonds. The van der Waals surface area contributed by atoms with E-state index in [1.807, 2.05) is 0 Å². The lowest BCUT2D eigenvalue weighted by molar-refractivity contribution is -0.136. The number of fused-ring (bicyclic) bond motifs is 2. The Balaban J connectivity index is 1.80. The molecule has 1 unspecified atom stereocenters. The maximum atomic E-state index is 12.7. The third-order valence-electron chi connectivity index (χ3n) is 4.55. The number of piperidine rings is 1. The van der Waals surface area contributed by atoms with E-state index in [1.165, 1.54) is 6.07 Å². The van der Waals surface area contributed by atoms with Crippen molar-refractivity contribution in [3.05, 3.63) is 28.3 Å². The summed E-state index contributed by atoms with van der Waals surface area (Å²) in [6.45, 7) is 0.188. The maximum absolute atomic E-state index is 12.7. The Morgan fingerprint density at radius 3 is 2.54 bits per heavy atom. The molecule has 9 nitrogen and oxygen atoms in total. The Labute approximate surface area is 135 Å². The smallest absolute Gasteiger partial charge is 0.264 e. The molecule has 1 aromatic carbocycles. The maximum Gasteiger partial charge on any atom is 0.264 e. The van der Waals surface area contributed by atoms with Gasteiger partial charge >= 0.3 is 0 Å². The van der Waals surface area contributed by atoms with Crippen LogP contribution in [0.3, 0.4) is 0 Å². The van der Waals surface area contributed by atoms with Crippen molar-refractivity contribution in [2.45, 2.75) is 25.4 Å². The molecule has 0 aromatic heterocycles. The first-order valence-electron chi connectivity index (χ1n) is 7.35. The van der Waals surface area contributed by atoms with Gasteiger partial charge in [0.15, 0.2) is 0 Å². The summed E-state index contributed by atoms with van der Waals surface area (Å²) in [6, 6.07) is 0.285. The second-order valence-corrected chi connectivity index (χ2v) is 5.87. The summed E-state index contributed by atoms with van der Waals surface area (Å²) < 4.78 is 0. The Bertz CT molecular complexity index is 875. The number of nitrogen functional groups attached to an aromatic ring is 1. The molecule has 1 atom stereocenters. The van der Waals surface area contributed by atoms with Crippen LogP contribution in [0, 0.1) is 0 Å². The molecule has 3 aliphatic rings. The van der Waals surface area contributed by atoms with Gasteiger partial charge in [-0.2, -0.15) is 0 Å². The number of imide groups is 2. The standard InChI is InChI=1S/C15H12N4O5/c16-11-7-4-17-12(21)5(7)3-6-10(11)15(24)19(14(6)23)8-1-2-9(20)18-13(8)22/h3,8H,1-2,4,16H2,(H,17,21)(H,18,20,22). The molecule has 1 fully saturated rings. The molecule has 1 aromatic rings. The number of rotatable bonds is 1. The number of nitrogens with two attached hydrogens (primary N) is 1. The van der Waals surface area contributed by atoms with E-state index < -0.39 is 29.7 Å². The molecule has 9 heteroatoms. The average Bonchev–Trinajstić information content (AvgIpc) is 3.01. The lowest BCUT2D eigenvalue weighted by Crippen LogP contribution is -2.54. The molecular weight excluding hydrogens is 316 g/mol. The highest BCUT2D eigenvalue weighted by atomic mass is 16.2. The first kappa shape index (κ1) is 14.4. The number of benzene rings is 1. The van der Waals surface area contributed by atoms with E-state index in [1.54, 1.807) is 0 Å². The van der Waals surface area contributed by atoms with Crippen molar-refractivity contribution in [2.75, 3.05) is 5.73 Å². The van der Waals surface area contributed by atoms with Crippen LogP contribution in [0.15, 0.2) is 6.07 Å². The molecule has 0 saturated carbocycles. The Hall–Kier alpha value is -3.23.